The van der Waals surface area contributed by atoms with E-state index in [4.69, 9.17) is 17.0 Å². The van der Waals surface area contributed by atoms with Crippen molar-refractivity contribution in [1.29, 1.82) is 0 Å². The Hall–Kier alpha value is -1.14. The number of benzene rings is 1. The molecule has 0 unspecified atom stereocenters. The molecule has 1 aromatic rings. The van der Waals surface area contributed by atoms with Crippen LogP contribution in [0.15, 0.2) is 22.7 Å². The van der Waals surface area contributed by atoms with E-state index >= 15 is 0 Å². The normalized spacial score (nSPS) is 10.6. The number of rotatable bonds is 9. The van der Waals surface area contributed by atoms with Crippen molar-refractivity contribution in [2.45, 2.75) is 47.0 Å². The van der Waals surface area contributed by atoms with Crippen LogP contribution in [0.2, 0.25) is 0 Å². The molecule has 0 heterocycles. The predicted molar refractivity (Wildman–Crippen MR) is 111 cm³/mol. The zero-order chi connectivity index (χ0) is 18.8. The third-order valence-electron chi connectivity index (χ3n) is 3.64. The smallest absolute Gasteiger partial charge is 0.257 e. The molecule has 25 heavy (non-hydrogen) atoms. The molecule has 0 aliphatic rings. The minimum absolute atomic E-state index is 0.198. The first-order valence-electron chi connectivity index (χ1n) is 8.91. The van der Waals surface area contributed by atoms with E-state index in [9.17, 15) is 4.79 Å². The van der Waals surface area contributed by atoms with Crippen LogP contribution < -0.4 is 10.1 Å². The fraction of sp³-hybridized carbons (Fsp3) is 0.579. The van der Waals surface area contributed by atoms with Gasteiger partial charge in [0.2, 0.25) is 0 Å². The van der Waals surface area contributed by atoms with Gasteiger partial charge in [0.05, 0.1) is 11.1 Å². The van der Waals surface area contributed by atoms with Crippen molar-refractivity contribution in [3.63, 3.8) is 0 Å². The lowest BCUT2D eigenvalue weighted by atomic mass is 10.1. The first-order valence-corrected chi connectivity index (χ1v) is 10.1. The number of hydrogen-bond donors (Lipinski definition) is 1. The van der Waals surface area contributed by atoms with Crippen molar-refractivity contribution < 1.29 is 9.53 Å². The second kappa shape index (κ2) is 11.5. The molecule has 0 saturated heterocycles. The molecule has 0 saturated carbocycles. The molecular formula is C19H29BrN2O2S. The van der Waals surface area contributed by atoms with E-state index in [1.165, 1.54) is 0 Å². The van der Waals surface area contributed by atoms with Gasteiger partial charge in [0.15, 0.2) is 5.11 Å². The van der Waals surface area contributed by atoms with Gasteiger partial charge in [-0.1, -0.05) is 27.7 Å². The number of amides is 1. The highest BCUT2D eigenvalue weighted by atomic mass is 79.9. The molecule has 0 aliphatic carbocycles. The fourth-order valence-electron chi connectivity index (χ4n) is 2.27. The lowest BCUT2D eigenvalue weighted by Gasteiger charge is -2.24. The summed E-state index contributed by atoms with van der Waals surface area (Å²) in [6, 6.07) is 5.35. The van der Waals surface area contributed by atoms with E-state index in [0.717, 1.165) is 42.6 Å². The van der Waals surface area contributed by atoms with Crippen LogP contribution in [0.4, 0.5) is 0 Å². The maximum atomic E-state index is 12.4. The summed E-state index contributed by atoms with van der Waals surface area (Å²) < 4.78 is 6.52. The van der Waals surface area contributed by atoms with Crippen molar-refractivity contribution >= 4 is 39.2 Å². The Kier molecular flexibility index (Phi) is 10.0. The first-order chi connectivity index (χ1) is 11.9. The molecule has 0 spiro atoms. The molecule has 1 aromatic carbocycles. The largest absolute Gasteiger partial charge is 0.492 e. The van der Waals surface area contributed by atoms with E-state index in [2.05, 4.69) is 48.9 Å². The van der Waals surface area contributed by atoms with Crippen molar-refractivity contribution in [2.24, 2.45) is 5.92 Å². The third kappa shape index (κ3) is 7.74. The number of nitrogens with zero attached hydrogens (tertiary/aromatic N) is 1. The van der Waals surface area contributed by atoms with Crippen LogP contribution in [-0.2, 0) is 0 Å². The van der Waals surface area contributed by atoms with Crippen LogP contribution in [0.25, 0.3) is 0 Å². The molecule has 4 nitrogen and oxygen atoms in total. The van der Waals surface area contributed by atoms with Crippen LogP contribution in [0.5, 0.6) is 5.75 Å². The standard InChI is InChI=1S/C19H29BrN2O2S/c1-5-10-22(11-6-2)19(25)21-18(23)15-7-8-17(16(20)13-15)24-12-9-14(3)4/h7-8,13-14H,5-6,9-12H2,1-4H3,(H,21,23,25). The summed E-state index contributed by atoms with van der Waals surface area (Å²) in [7, 11) is 0. The number of nitrogens with one attached hydrogen (secondary N) is 1. The molecule has 1 N–H and O–H groups in total. The van der Waals surface area contributed by atoms with Crippen LogP contribution >= 0.6 is 28.1 Å². The zero-order valence-electron chi connectivity index (χ0n) is 15.6. The second-order valence-corrected chi connectivity index (χ2v) is 7.66. The number of carbonyl (C=O) groups excluding carboxylic acids is 1. The molecule has 6 heteroatoms. The van der Waals surface area contributed by atoms with Crippen molar-refractivity contribution in [3.8, 4) is 5.75 Å². The highest BCUT2D eigenvalue weighted by Gasteiger charge is 2.14. The Bertz CT molecular complexity index is 573. The highest BCUT2D eigenvalue weighted by Crippen LogP contribution is 2.26. The lowest BCUT2D eigenvalue weighted by Crippen LogP contribution is -2.43. The third-order valence-corrected chi connectivity index (χ3v) is 4.62. The van der Waals surface area contributed by atoms with E-state index in [1.54, 1.807) is 12.1 Å². The SMILES string of the molecule is CCCN(CCC)C(=S)NC(=O)c1ccc(OCCC(C)C)c(Br)c1. The Morgan fingerprint density at radius 3 is 2.44 bits per heavy atom. The van der Waals surface area contributed by atoms with Gasteiger partial charge in [-0.15, -0.1) is 0 Å². The molecule has 0 atom stereocenters. The summed E-state index contributed by atoms with van der Waals surface area (Å²) in [6.45, 7) is 10.9. The van der Waals surface area contributed by atoms with Gasteiger partial charge in [-0.05, 0) is 71.5 Å². The van der Waals surface area contributed by atoms with E-state index in [1.807, 2.05) is 11.0 Å². The first kappa shape index (κ1) is 21.9. The number of halogens is 1. The molecule has 1 rings (SSSR count). The van der Waals surface area contributed by atoms with Crippen LogP contribution in [0, 0.1) is 5.92 Å². The van der Waals surface area contributed by atoms with Crippen LogP contribution in [-0.4, -0.2) is 35.6 Å². The number of carbonyl (C=O) groups is 1. The zero-order valence-corrected chi connectivity index (χ0v) is 18.0. The van der Waals surface area contributed by atoms with Crippen LogP contribution in [0.3, 0.4) is 0 Å². The highest BCUT2D eigenvalue weighted by molar-refractivity contribution is 9.10. The molecule has 0 aromatic heterocycles. The second-order valence-electron chi connectivity index (χ2n) is 6.42. The van der Waals surface area contributed by atoms with Gasteiger partial charge in [0, 0.05) is 18.7 Å². The number of thiocarbonyl (C=S) groups is 1. The molecule has 0 bridgehead atoms. The Balaban J connectivity index is 2.69. The molecule has 0 aliphatic heterocycles. The average Bonchev–Trinajstić information content (AvgIpc) is 2.55. The van der Waals surface area contributed by atoms with Crippen molar-refractivity contribution in [2.75, 3.05) is 19.7 Å². The van der Waals surface area contributed by atoms with Gasteiger partial charge in [0.1, 0.15) is 5.75 Å². The molecular weight excluding hydrogens is 400 g/mol. The monoisotopic (exact) mass is 428 g/mol. The summed E-state index contributed by atoms with van der Waals surface area (Å²) >= 11 is 8.86. The van der Waals surface area contributed by atoms with Gasteiger partial charge in [-0.3, -0.25) is 10.1 Å². The minimum Gasteiger partial charge on any atom is -0.492 e. The summed E-state index contributed by atoms with van der Waals surface area (Å²) in [5, 5.41) is 3.32. The lowest BCUT2D eigenvalue weighted by molar-refractivity contribution is 0.0973. The molecule has 0 radical (unpaired) electrons. The van der Waals surface area contributed by atoms with E-state index in [-0.39, 0.29) is 5.91 Å². The summed E-state index contributed by atoms with van der Waals surface area (Å²) in [5.41, 5.74) is 0.554. The van der Waals surface area contributed by atoms with E-state index in [0.29, 0.717) is 23.2 Å². The Morgan fingerprint density at radius 2 is 1.92 bits per heavy atom. The van der Waals surface area contributed by atoms with Gasteiger partial charge in [0.25, 0.3) is 5.91 Å². The number of hydrogen-bond acceptors (Lipinski definition) is 3. The quantitative estimate of drug-likeness (QED) is 0.561. The summed E-state index contributed by atoms with van der Waals surface area (Å²) in [6.07, 6.45) is 2.97. The molecule has 1 amide bonds. The number of ether oxygens (including phenoxy) is 1. The molecule has 0 fully saturated rings. The molecule has 140 valence electrons. The van der Waals surface area contributed by atoms with Crippen LogP contribution in [0.1, 0.15) is 57.3 Å². The van der Waals surface area contributed by atoms with Gasteiger partial charge in [-0.25, -0.2) is 0 Å². The van der Waals surface area contributed by atoms with Gasteiger partial charge < -0.3 is 9.64 Å². The Labute approximate surface area is 165 Å². The average molecular weight is 429 g/mol. The fourth-order valence-corrected chi connectivity index (χ4v) is 3.04. The maximum absolute atomic E-state index is 12.4. The van der Waals surface area contributed by atoms with Gasteiger partial charge >= 0.3 is 0 Å². The van der Waals surface area contributed by atoms with Crippen molar-refractivity contribution in [3.05, 3.63) is 28.2 Å². The van der Waals surface area contributed by atoms with Crippen molar-refractivity contribution in [1.82, 2.24) is 10.2 Å². The summed E-state index contributed by atoms with van der Waals surface area (Å²) in [4.78, 5) is 14.5. The maximum Gasteiger partial charge on any atom is 0.257 e. The minimum atomic E-state index is -0.198. The topological polar surface area (TPSA) is 41.6 Å². The summed E-state index contributed by atoms with van der Waals surface area (Å²) in [5.74, 6) is 1.15. The Morgan fingerprint density at radius 1 is 1.28 bits per heavy atom. The van der Waals surface area contributed by atoms with Gasteiger partial charge in [-0.2, -0.15) is 0 Å². The van der Waals surface area contributed by atoms with E-state index < -0.39 is 0 Å². The predicted octanol–water partition coefficient (Wildman–Crippen LogP) is 5.01.